The number of benzene rings is 1. The maximum absolute atomic E-state index is 4.51. The van der Waals surface area contributed by atoms with Gasteiger partial charge < -0.3 is 5.32 Å². The second-order valence-electron chi connectivity index (χ2n) is 5.25. The average molecular weight is 296 g/mol. The molecule has 2 aromatic heterocycles. The number of pyridine rings is 1. The molecule has 3 rings (SSSR count). The molecule has 1 N–H and O–H groups in total. The molecule has 0 amide bonds. The lowest BCUT2D eigenvalue weighted by atomic mass is 10.1. The molecule has 0 bridgehead atoms. The molecule has 0 spiro atoms. The second-order valence-corrected chi connectivity index (χ2v) is 6.45. The Bertz CT molecular complexity index is 727. The van der Waals surface area contributed by atoms with Crippen molar-refractivity contribution in [3.63, 3.8) is 0 Å². The van der Waals surface area contributed by atoms with E-state index in [4.69, 9.17) is 0 Å². The third kappa shape index (κ3) is 3.14. The summed E-state index contributed by atoms with van der Waals surface area (Å²) in [4.78, 5) is 7.36. The first-order chi connectivity index (χ1) is 10.3. The molecule has 0 saturated heterocycles. The summed E-state index contributed by atoms with van der Waals surface area (Å²) in [5, 5.41) is 4.82. The van der Waals surface area contributed by atoms with E-state index in [0.717, 1.165) is 18.5 Å². The molecule has 0 aliphatic carbocycles. The van der Waals surface area contributed by atoms with Gasteiger partial charge in [-0.1, -0.05) is 31.2 Å². The molecule has 0 aliphatic rings. The van der Waals surface area contributed by atoms with Crippen LogP contribution in [0.5, 0.6) is 0 Å². The first kappa shape index (κ1) is 14.2. The normalized spacial score (nSPS) is 12.7. The maximum atomic E-state index is 4.51. The van der Waals surface area contributed by atoms with Gasteiger partial charge in [0.2, 0.25) is 0 Å². The van der Waals surface area contributed by atoms with E-state index in [9.17, 15) is 0 Å². The molecule has 1 atom stereocenters. The highest BCUT2D eigenvalue weighted by Crippen LogP contribution is 2.24. The van der Waals surface area contributed by atoms with Crippen LogP contribution in [0.25, 0.3) is 10.9 Å². The van der Waals surface area contributed by atoms with Crippen molar-refractivity contribution < 1.29 is 0 Å². The lowest BCUT2D eigenvalue weighted by molar-refractivity contribution is 0.584. The summed E-state index contributed by atoms with van der Waals surface area (Å²) in [6.45, 7) is 5.27. The number of hydrogen-bond acceptors (Lipinski definition) is 3. The predicted octanol–water partition coefficient (Wildman–Crippen LogP) is 4.71. The highest BCUT2D eigenvalue weighted by molar-refractivity contribution is 7.12. The van der Waals surface area contributed by atoms with E-state index in [1.165, 1.54) is 20.7 Å². The summed E-state index contributed by atoms with van der Waals surface area (Å²) in [6, 6.07) is 15.3. The minimum absolute atomic E-state index is 0.370. The quantitative estimate of drug-likeness (QED) is 0.737. The average Bonchev–Trinajstić information content (AvgIpc) is 3.01. The molecule has 0 saturated carbocycles. The minimum Gasteiger partial charge on any atom is -0.305 e. The zero-order valence-electron chi connectivity index (χ0n) is 12.5. The summed E-state index contributed by atoms with van der Waals surface area (Å²) in [6.07, 6.45) is 2.98. The molecule has 1 aromatic carbocycles. The molecular formula is C18H20N2S. The molecule has 1 unspecified atom stereocenters. The van der Waals surface area contributed by atoms with Crippen LogP contribution >= 0.6 is 11.3 Å². The minimum atomic E-state index is 0.370. The van der Waals surface area contributed by atoms with E-state index >= 15 is 0 Å². The van der Waals surface area contributed by atoms with Gasteiger partial charge in [0.25, 0.3) is 0 Å². The summed E-state index contributed by atoms with van der Waals surface area (Å²) in [5.41, 5.74) is 2.35. The van der Waals surface area contributed by atoms with Gasteiger partial charge in [0.1, 0.15) is 0 Å². The van der Waals surface area contributed by atoms with E-state index in [2.05, 4.69) is 60.5 Å². The number of fused-ring (bicyclic) bond motifs is 1. The van der Waals surface area contributed by atoms with Crippen molar-refractivity contribution in [1.82, 2.24) is 10.3 Å². The van der Waals surface area contributed by atoms with Crippen molar-refractivity contribution in [3.8, 4) is 0 Å². The fraction of sp³-hybridized carbons (Fsp3) is 0.278. The van der Waals surface area contributed by atoms with Crippen LogP contribution < -0.4 is 5.32 Å². The van der Waals surface area contributed by atoms with Crippen molar-refractivity contribution in [1.29, 1.82) is 0 Å². The monoisotopic (exact) mass is 296 g/mol. The molecule has 0 fully saturated rings. The molecular weight excluding hydrogens is 276 g/mol. The molecule has 21 heavy (non-hydrogen) atoms. The number of aromatic nitrogens is 1. The molecule has 3 heteroatoms. The number of nitrogens with one attached hydrogen (secondary N) is 1. The van der Waals surface area contributed by atoms with Crippen LogP contribution in [0.3, 0.4) is 0 Å². The molecule has 2 heterocycles. The van der Waals surface area contributed by atoms with Crippen LogP contribution in [-0.4, -0.2) is 4.98 Å². The Labute approximate surface area is 129 Å². The summed E-state index contributed by atoms with van der Waals surface area (Å²) in [5.74, 6) is 0. The van der Waals surface area contributed by atoms with Gasteiger partial charge >= 0.3 is 0 Å². The van der Waals surface area contributed by atoms with E-state index in [-0.39, 0.29) is 0 Å². The van der Waals surface area contributed by atoms with Crippen LogP contribution in [0.4, 0.5) is 0 Å². The SMILES string of the molecule is CCc1ccc(C(C)NCc2cccc3cccnc23)s1. The third-order valence-corrected chi connectivity index (χ3v) is 5.18. The topological polar surface area (TPSA) is 24.9 Å². The Kier molecular flexibility index (Phi) is 4.32. The van der Waals surface area contributed by atoms with Gasteiger partial charge in [-0.15, -0.1) is 11.3 Å². The van der Waals surface area contributed by atoms with Gasteiger partial charge in [-0.05, 0) is 37.1 Å². The van der Waals surface area contributed by atoms with Gasteiger partial charge in [-0.3, -0.25) is 4.98 Å². The third-order valence-electron chi connectivity index (χ3n) is 3.77. The largest absolute Gasteiger partial charge is 0.305 e. The second kappa shape index (κ2) is 6.37. The summed E-state index contributed by atoms with van der Waals surface area (Å²) >= 11 is 1.90. The van der Waals surface area contributed by atoms with Crippen LogP contribution in [0.15, 0.2) is 48.7 Å². The molecule has 2 nitrogen and oxygen atoms in total. The first-order valence-corrected chi connectivity index (χ1v) is 8.24. The van der Waals surface area contributed by atoms with Crippen molar-refractivity contribution in [3.05, 3.63) is 64.0 Å². The lowest BCUT2D eigenvalue weighted by Crippen LogP contribution is -2.17. The van der Waals surface area contributed by atoms with E-state index in [1.807, 2.05) is 23.6 Å². The maximum Gasteiger partial charge on any atom is 0.0746 e. The van der Waals surface area contributed by atoms with Crippen molar-refractivity contribution in [2.24, 2.45) is 0 Å². The van der Waals surface area contributed by atoms with Crippen LogP contribution in [0.2, 0.25) is 0 Å². The van der Waals surface area contributed by atoms with E-state index in [0.29, 0.717) is 6.04 Å². The Balaban J connectivity index is 1.74. The molecule has 0 aliphatic heterocycles. The highest BCUT2D eigenvalue weighted by atomic mass is 32.1. The van der Waals surface area contributed by atoms with Gasteiger partial charge in [0.05, 0.1) is 5.52 Å². The van der Waals surface area contributed by atoms with Gasteiger partial charge in [0, 0.05) is 33.9 Å². The predicted molar refractivity (Wildman–Crippen MR) is 90.7 cm³/mol. The molecule has 108 valence electrons. The van der Waals surface area contributed by atoms with E-state index < -0.39 is 0 Å². The standard InChI is InChI=1S/C18H20N2S/c1-3-16-9-10-17(21-16)13(2)20-12-15-7-4-6-14-8-5-11-19-18(14)15/h4-11,13,20H,3,12H2,1-2H3. The fourth-order valence-electron chi connectivity index (χ4n) is 2.49. The van der Waals surface area contributed by atoms with Crippen LogP contribution in [0, 0.1) is 0 Å². The number of thiophene rings is 1. The van der Waals surface area contributed by atoms with Gasteiger partial charge in [0.15, 0.2) is 0 Å². The number of rotatable bonds is 5. The number of para-hydroxylation sites is 1. The molecule has 0 radical (unpaired) electrons. The zero-order chi connectivity index (χ0) is 14.7. The Morgan fingerprint density at radius 2 is 2.00 bits per heavy atom. The van der Waals surface area contributed by atoms with E-state index in [1.54, 1.807) is 0 Å². The summed E-state index contributed by atoms with van der Waals surface area (Å²) in [7, 11) is 0. The number of aryl methyl sites for hydroxylation is 1. The first-order valence-electron chi connectivity index (χ1n) is 7.42. The number of nitrogens with zero attached hydrogens (tertiary/aromatic N) is 1. The van der Waals surface area contributed by atoms with Crippen molar-refractivity contribution in [2.75, 3.05) is 0 Å². The lowest BCUT2D eigenvalue weighted by Gasteiger charge is -2.13. The van der Waals surface area contributed by atoms with Gasteiger partial charge in [-0.25, -0.2) is 0 Å². The Morgan fingerprint density at radius 1 is 1.14 bits per heavy atom. The van der Waals surface area contributed by atoms with Crippen molar-refractivity contribution in [2.45, 2.75) is 32.9 Å². The summed E-state index contributed by atoms with van der Waals surface area (Å²) < 4.78 is 0. The Hall–Kier alpha value is -1.71. The smallest absolute Gasteiger partial charge is 0.0746 e. The number of hydrogen-bond donors (Lipinski definition) is 1. The van der Waals surface area contributed by atoms with Crippen LogP contribution in [-0.2, 0) is 13.0 Å². The van der Waals surface area contributed by atoms with Crippen LogP contribution in [0.1, 0.15) is 35.2 Å². The van der Waals surface area contributed by atoms with Gasteiger partial charge in [-0.2, -0.15) is 0 Å². The Morgan fingerprint density at radius 3 is 2.81 bits per heavy atom. The zero-order valence-corrected chi connectivity index (χ0v) is 13.3. The molecule has 3 aromatic rings. The highest BCUT2D eigenvalue weighted by Gasteiger charge is 2.09. The van der Waals surface area contributed by atoms with Crippen molar-refractivity contribution >= 4 is 22.2 Å². The fourth-order valence-corrected chi connectivity index (χ4v) is 3.47.